The molecular weight excluding hydrogens is 328 g/mol. The minimum Gasteiger partial charge on any atom is -0.507 e. The molecular formula is C17H20N2O2S2. The highest BCUT2D eigenvalue weighted by Gasteiger charge is 2.38. The van der Waals surface area contributed by atoms with E-state index in [1.165, 1.54) is 11.3 Å². The van der Waals surface area contributed by atoms with Gasteiger partial charge in [-0.2, -0.15) is 0 Å². The third-order valence-corrected chi connectivity index (χ3v) is 5.88. The van der Waals surface area contributed by atoms with Crippen LogP contribution in [0.3, 0.4) is 0 Å². The highest BCUT2D eigenvalue weighted by Crippen LogP contribution is 2.43. The summed E-state index contributed by atoms with van der Waals surface area (Å²) in [5.41, 5.74) is 3.26. The van der Waals surface area contributed by atoms with Gasteiger partial charge in [0.1, 0.15) is 16.5 Å². The summed E-state index contributed by atoms with van der Waals surface area (Å²) in [7, 11) is 0. The monoisotopic (exact) mass is 348 g/mol. The number of anilines is 1. The summed E-state index contributed by atoms with van der Waals surface area (Å²) in [6.07, 6.45) is 3.33. The average molecular weight is 348 g/mol. The van der Waals surface area contributed by atoms with Gasteiger partial charge in [0.15, 0.2) is 10.7 Å². The van der Waals surface area contributed by atoms with Crippen LogP contribution in [0.15, 0.2) is 11.6 Å². The zero-order valence-corrected chi connectivity index (χ0v) is 15.3. The van der Waals surface area contributed by atoms with Crippen LogP contribution in [0.2, 0.25) is 0 Å². The molecule has 1 aromatic heterocycles. The van der Waals surface area contributed by atoms with Gasteiger partial charge in [-0.05, 0) is 57.2 Å². The number of aromatic hydroxyl groups is 1. The summed E-state index contributed by atoms with van der Waals surface area (Å²) >= 11 is 7.09. The third-order valence-electron chi connectivity index (χ3n) is 4.65. The van der Waals surface area contributed by atoms with Crippen molar-refractivity contribution in [3.8, 4) is 11.5 Å². The number of nitrogens with one attached hydrogen (secondary N) is 1. The van der Waals surface area contributed by atoms with Crippen LogP contribution >= 0.6 is 23.6 Å². The van der Waals surface area contributed by atoms with Crippen LogP contribution in [-0.4, -0.2) is 20.7 Å². The standard InChI is InChI=1S/C17H20N2O2S2/c1-9-10(2)14-12(11(3)13(9)20)5-6-17(4,21-14)15(22)19-16-18-7-8-23-16/h7-8,20H,5-6H2,1-4H3,(H,18,19,22). The number of ether oxygens (including phenoxy) is 1. The Balaban J connectivity index is 1.94. The van der Waals surface area contributed by atoms with Gasteiger partial charge >= 0.3 is 0 Å². The molecule has 0 fully saturated rings. The summed E-state index contributed by atoms with van der Waals surface area (Å²) in [5, 5.41) is 16.1. The lowest BCUT2D eigenvalue weighted by molar-refractivity contribution is 0.134. The van der Waals surface area contributed by atoms with Gasteiger partial charge < -0.3 is 15.2 Å². The molecule has 6 heteroatoms. The lowest BCUT2D eigenvalue weighted by atomic mass is 9.87. The Morgan fingerprint density at radius 2 is 2.09 bits per heavy atom. The first-order valence-corrected chi connectivity index (χ1v) is 8.84. The van der Waals surface area contributed by atoms with Crippen LogP contribution in [0.25, 0.3) is 0 Å². The summed E-state index contributed by atoms with van der Waals surface area (Å²) in [4.78, 5) is 4.85. The van der Waals surface area contributed by atoms with E-state index in [9.17, 15) is 5.11 Å². The highest BCUT2D eigenvalue weighted by molar-refractivity contribution is 7.80. The Bertz CT molecular complexity index is 772. The van der Waals surface area contributed by atoms with Crippen molar-refractivity contribution >= 4 is 33.7 Å². The normalized spacial score (nSPS) is 19.8. The molecule has 0 aliphatic carbocycles. The minimum atomic E-state index is -0.575. The van der Waals surface area contributed by atoms with Gasteiger partial charge in [0.2, 0.25) is 0 Å². The smallest absolute Gasteiger partial charge is 0.187 e. The molecule has 0 saturated heterocycles. The van der Waals surface area contributed by atoms with Crippen molar-refractivity contribution in [1.29, 1.82) is 0 Å². The zero-order chi connectivity index (χ0) is 16.8. The first kappa shape index (κ1) is 16.2. The van der Waals surface area contributed by atoms with Gasteiger partial charge in [-0.15, -0.1) is 11.3 Å². The van der Waals surface area contributed by atoms with Crippen LogP contribution in [0, 0.1) is 20.8 Å². The fourth-order valence-corrected chi connectivity index (χ4v) is 3.76. The maximum absolute atomic E-state index is 10.3. The van der Waals surface area contributed by atoms with E-state index in [1.54, 1.807) is 6.20 Å². The molecule has 0 bridgehead atoms. The quantitative estimate of drug-likeness (QED) is 0.793. The number of nitrogens with zero attached hydrogens (tertiary/aromatic N) is 1. The number of aromatic nitrogens is 1. The Hall–Kier alpha value is -1.66. The maximum atomic E-state index is 10.3. The van der Waals surface area contributed by atoms with E-state index < -0.39 is 5.60 Å². The van der Waals surface area contributed by atoms with E-state index in [0.717, 1.165) is 46.0 Å². The van der Waals surface area contributed by atoms with Crippen molar-refractivity contribution in [1.82, 2.24) is 4.98 Å². The lowest BCUT2D eigenvalue weighted by Gasteiger charge is -2.38. The van der Waals surface area contributed by atoms with Crippen LogP contribution < -0.4 is 10.1 Å². The molecule has 1 aromatic carbocycles. The molecule has 0 amide bonds. The Kier molecular flexibility index (Phi) is 4.06. The van der Waals surface area contributed by atoms with E-state index in [2.05, 4.69) is 10.3 Å². The van der Waals surface area contributed by atoms with Gasteiger partial charge in [-0.1, -0.05) is 12.2 Å². The number of benzene rings is 1. The second-order valence-electron chi connectivity index (χ2n) is 6.16. The molecule has 2 N–H and O–H groups in total. The summed E-state index contributed by atoms with van der Waals surface area (Å²) in [6, 6.07) is 0. The van der Waals surface area contributed by atoms with E-state index >= 15 is 0 Å². The predicted molar refractivity (Wildman–Crippen MR) is 98.0 cm³/mol. The Morgan fingerprint density at radius 1 is 1.35 bits per heavy atom. The Morgan fingerprint density at radius 3 is 2.74 bits per heavy atom. The zero-order valence-electron chi connectivity index (χ0n) is 13.7. The first-order chi connectivity index (χ1) is 10.8. The molecule has 1 aliphatic heterocycles. The molecule has 2 heterocycles. The molecule has 0 radical (unpaired) electrons. The van der Waals surface area contributed by atoms with Crippen LogP contribution in [0.5, 0.6) is 11.5 Å². The predicted octanol–water partition coefficient (Wildman–Crippen LogP) is 4.30. The lowest BCUT2D eigenvalue weighted by Crippen LogP contribution is -2.47. The summed E-state index contributed by atoms with van der Waals surface area (Å²) < 4.78 is 6.34. The number of phenols is 1. The van der Waals surface area contributed by atoms with Crippen molar-refractivity contribution in [2.75, 3.05) is 5.32 Å². The number of thiazole rings is 1. The van der Waals surface area contributed by atoms with Crippen molar-refractivity contribution in [3.63, 3.8) is 0 Å². The van der Waals surface area contributed by atoms with Crippen LogP contribution in [-0.2, 0) is 6.42 Å². The molecule has 0 spiro atoms. The number of hydrogen-bond donors (Lipinski definition) is 2. The molecule has 122 valence electrons. The molecule has 2 aromatic rings. The third kappa shape index (κ3) is 2.70. The number of rotatable bonds is 2. The van der Waals surface area contributed by atoms with Gasteiger partial charge in [-0.25, -0.2) is 4.98 Å². The van der Waals surface area contributed by atoms with E-state index in [1.807, 2.05) is 33.1 Å². The maximum Gasteiger partial charge on any atom is 0.187 e. The molecule has 3 rings (SSSR count). The van der Waals surface area contributed by atoms with Gasteiger partial charge in [0, 0.05) is 17.1 Å². The highest BCUT2D eigenvalue weighted by atomic mass is 32.1. The summed E-state index contributed by atoms with van der Waals surface area (Å²) in [5.74, 6) is 1.23. The topological polar surface area (TPSA) is 54.4 Å². The van der Waals surface area contributed by atoms with Crippen molar-refractivity contribution in [3.05, 3.63) is 33.8 Å². The molecule has 1 unspecified atom stereocenters. The van der Waals surface area contributed by atoms with Crippen molar-refractivity contribution in [2.45, 2.75) is 46.1 Å². The van der Waals surface area contributed by atoms with E-state index in [-0.39, 0.29) is 0 Å². The second-order valence-corrected chi connectivity index (χ2v) is 7.46. The minimum absolute atomic E-state index is 0.372. The first-order valence-electron chi connectivity index (χ1n) is 7.55. The van der Waals surface area contributed by atoms with E-state index in [0.29, 0.717) is 10.7 Å². The second kappa shape index (κ2) is 5.76. The molecule has 1 atom stereocenters. The van der Waals surface area contributed by atoms with Crippen LogP contribution in [0.1, 0.15) is 35.6 Å². The molecule has 4 nitrogen and oxygen atoms in total. The largest absolute Gasteiger partial charge is 0.507 e. The van der Waals surface area contributed by atoms with E-state index in [4.69, 9.17) is 17.0 Å². The van der Waals surface area contributed by atoms with Crippen molar-refractivity contribution in [2.24, 2.45) is 0 Å². The number of thiocarbonyl (C=S) groups is 1. The molecule has 23 heavy (non-hydrogen) atoms. The molecule has 1 aliphatic rings. The van der Waals surface area contributed by atoms with Gasteiger partial charge in [-0.3, -0.25) is 0 Å². The number of fused-ring (bicyclic) bond motifs is 1. The Labute approximate surface area is 145 Å². The van der Waals surface area contributed by atoms with Gasteiger partial charge in [0.05, 0.1) is 0 Å². The van der Waals surface area contributed by atoms with Gasteiger partial charge in [0.25, 0.3) is 0 Å². The summed E-state index contributed by atoms with van der Waals surface area (Å²) in [6.45, 7) is 7.85. The average Bonchev–Trinajstić information content (AvgIpc) is 3.03. The fraction of sp³-hybridized carbons (Fsp3) is 0.412. The van der Waals surface area contributed by atoms with Crippen molar-refractivity contribution < 1.29 is 9.84 Å². The SMILES string of the molecule is Cc1c(C)c2c(c(C)c1O)CCC(C)(C(=S)Nc1nccs1)O2. The number of phenolic OH excluding ortho intramolecular Hbond substituents is 1. The fourth-order valence-electron chi connectivity index (χ4n) is 2.92. The van der Waals surface area contributed by atoms with Crippen LogP contribution in [0.4, 0.5) is 5.13 Å². The molecule has 0 saturated carbocycles. The number of hydrogen-bond acceptors (Lipinski definition) is 5.